The van der Waals surface area contributed by atoms with Crippen molar-refractivity contribution in [3.63, 3.8) is 0 Å². The molecule has 0 amide bonds. The van der Waals surface area contributed by atoms with E-state index in [0.717, 1.165) is 25.3 Å². The van der Waals surface area contributed by atoms with Crippen LogP contribution in [0.3, 0.4) is 0 Å². The Morgan fingerprint density at radius 2 is 1.89 bits per heavy atom. The van der Waals surface area contributed by atoms with Crippen LogP contribution in [0.4, 0.5) is 0 Å². The van der Waals surface area contributed by atoms with Crippen molar-refractivity contribution in [2.45, 2.75) is 46.1 Å². The van der Waals surface area contributed by atoms with E-state index < -0.39 is 0 Å². The molecule has 1 aliphatic carbocycles. The molecule has 0 spiro atoms. The summed E-state index contributed by atoms with van der Waals surface area (Å²) >= 11 is 0. The van der Waals surface area contributed by atoms with Crippen molar-refractivity contribution in [2.75, 3.05) is 13.2 Å². The maximum Gasteiger partial charge on any atom is 0.119 e. The monoisotopic (exact) mass is 247 g/mol. The minimum absolute atomic E-state index is 0.460. The van der Waals surface area contributed by atoms with Gasteiger partial charge in [-0.25, -0.2) is 0 Å². The summed E-state index contributed by atoms with van der Waals surface area (Å²) in [6.07, 6.45) is 3.72. The molecular weight excluding hydrogens is 222 g/mol. The normalized spacial score (nSPS) is 18.4. The Morgan fingerprint density at radius 1 is 1.22 bits per heavy atom. The molecule has 0 bridgehead atoms. The molecule has 0 aliphatic heterocycles. The van der Waals surface area contributed by atoms with E-state index in [1.54, 1.807) is 0 Å². The van der Waals surface area contributed by atoms with Crippen molar-refractivity contribution in [1.82, 2.24) is 5.32 Å². The first kappa shape index (κ1) is 13.4. The van der Waals surface area contributed by atoms with E-state index in [9.17, 15) is 0 Å². The second-order valence-electron chi connectivity index (χ2n) is 5.56. The third-order valence-corrected chi connectivity index (χ3v) is 3.83. The van der Waals surface area contributed by atoms with E-state index in [4.69, 9.17) is 4.74 Å². The zero-order valence-corrected chi connectivity index (χ0v) is 11.8. The third-order valence-electron chi connectivity index (χ3n) is 3.83. The summed E-state index contributed by atoms with van der Waals surface area (Å²) in [5.41, 5.74) is 1.85. The van der Waals surface area contributed by atoms with Gasteiger partial charge in [0.1, 0.15) is 5.75 Å². The zero-order valence-electron chi connectivity index (χ0n) is 11.8. The van der Waals surface area contributed by atoms with Gasteiger partial charge < -0.3 is 10.1 Å². The van der Waals surface area contributed by atoms with E-state index >= 15 is 0 Å². The lowest BCUT2D eigenvalue weighted by atomic mass is 9.91. The fourth-order valence-corrected chi connectivity index (χ4v) is 2.43. The van der Waals surface area contributed by atoms with Crippen molar-refractivity contribution >= 4 is 0 Å². The van der Waals surface area contributed by atoms with E-state index in [-0.39, 0.29) is 0 Å². The molecule has 0 saturated heterocycles. The fourth-order valence-electron chi connectivity index (χ4n) is 2.43. The van der Waals surface area contributed by atoms with Crippen LogP contribution in [0.15, 0.2) is 24.3 Å². The Bertz CT molecular complexity index is 367. The zero-order chi connectivity index (χ0) is 13.0. The number of hydrogen-bond acceptors (Lipinski definition) is 2. The molecule has 18 heavy (non-hydrogen) atoms. The maximum absolute atomic E-state index is 5.63. The first-order chi connectivity index (χ1) is 8.69. The van der Waals surface area contributed by atoms with E-state index in [1.165, 1.54) is 18.4 Å². The molecule has 1 unspecified atom stereocenters. The van der Waals surface area contributed by atoms with Crippen molar-refractivity contribution in [3.8, 4) is 5.75 Å². The Balaban J connectivity index is 2.06. The standard InChI is InChI=1S/C16H25NO/c1-4-12-18-14-8-6-13(7-9-14)15(17-5-2)16(3)10-11-16/h6-9,15,17H,4-5,10-12H2,1-3H3. The first-order valence-electron chi connectivity index (χ1n) is 7.16. The highest BCUT2D eigenvalue weighted by Gasteiger charge is 2.44. The van der Waals surface area contributed by atoms with Crippen LogP contribution >= 0.6 is 0 Å². The van der Waals surface area contributed by atoms with Crippen LogP contribution < -0.4 is 10.1 Å². The lowest BCUT2D eigenvalue weighted by Crippen LogP contribution is -2.27. The highest BCUT2D eigenvalue weighted by atomic mass is 16.5. The molecular formula is C16H25NO. The van der Waals surface area contributed by atoms with Crippen molar-refractivity contribution in [3.05, 3.63) is 29.8 Å². The minimum atomic E-state index is 0.460. The topological polar surface area (TPSA) is 21.3 Å². The van der Waals surface area contributed by atoms with Crippen molar-refractivity contribution < 1.29 is 4.74 Å². The second-order valence-corrected chi connectivity index (χ2v) is 5.56. The SMILES string of the molecule is CCCOc1ccc(C(NCC)C2(C)CC2)cc1. The molecule has 1 aromatic rings. The van der Waals surface area contributed by atoms with Gasteiger partial charge in [0.15, 0.2) is 0 Å². The summed E-state index contributed by atoms with van der Waals surface area (Å²) in [6, 6.07) is 9.11. The molecule has 0 radical (unpaired) electrons. The number of hydrogen-bond donors (Lipinski definition) is 1. The molecule has 1 saturated carbocycles. The molecule has 2 nitrogen and oxygen atoms in total. The van der Waals surface area contributed by atoms with Gasteiger partial charge in [-0.2, -0.15) is 0 Å². The molecule has 2 rings (SSSR count). The lowest BCUT2D eigenvalue weighted by molar-refractivity contribution is 0.316. The van der Waals surface area contributed by atoms with Gasteiger partial charge in [-0.05, 0) is 48.9 Å². The quantitative estimate of drug-likeness (QED) is 0.788. The van der Waals surface area contributed by atoms with Gasteiger partial charge in [-0.15, -0.1) is 0 Å². The highest BCUT2D eigenvalue weighted by Crippen LogP contribution is 2.54. The highest BCUT2D eigenvalue weighted by molar-refractivity contribution is 5.31. The Morgan fingerprint density at radius 3 is 2.39 bits per heavy atom. The first-order valence-corrected chi connectivity index (χ1v) is 7.16. The van der Waals surface area contributed by atoms with Gasteiger partial charge in [0.2, 0.25) is 0 Å². The van der Waals surface area contributed by atoms with Gasteiger partial charge in [-0.3, -0.25) is 0 Å². The van der Waals surface area contributed by atoms with Crippen LogP contribution in [0, 0.1) is 5.41 Å². The van der Waals surface area contributed by atoms with Crippen LogP contribution in [0.1, 0.15) is 51.6 Å². The number of benzene rings is 1. The van der Waals surface area contributed by atoms with Crippen LogP contribution in [-0.2, 0) is 0 Å². The molecule has 0 heterocycles. The molecule has 2 heteroatoms. The van der Waals surface area contributed by atoms with E-state index in [0.29, 0.717) is 11.5 Å². The summed E-state index contributed by atoms with van der Waals surface area (Å²) in [4.78, 5) is 0. The van der Waals surface area contributed by atoms with Crippen molar-refractivity contribution in [2.24, 2.45) is 5.41 Å². The van der Waals surface area contributed by atoms with Crippen LogP contribution in [0.25, 0.3) is 0 Å². The lowest BCUT2D eigenvalue weighted by Gasteiger charge is -2.25. The van der Waals surface area contributed by atoms with Gasteiger partial charge in [0, 0.05) is 6.04 Å². The van der Waals surface area contributed by atoms with Crippen LogP contribution in [-0.4, -0.2) is 13.2 Å². The average Bonchev–Trinajstić information content (AvgIpc) is 3.13. The van der Waals surface area contributed by atoms with Gasteiger partial charge >= 0.3 is 0 Å². The third kappa shape index (κ3) is 3.05. The Hall–Kier alpha value is -1.02. The van der Waals surface area contributed by atoms with Crippen LogP contribution in [0.5, 0.6) is 5.75 Å². The predicted octanol–water partition coefficient (Wildman–Crippen LogP) is 3.93. The fraction of sp³-hybridized carbons (Fsp3) is 0.625. The minimum Gasteiger partial charge on any atom is -0.494 e. The number of rotatable bonds is 7. The summed E-state index contributed by atoms with van der Waals surface area (Å²) in [5, 5.41) is 3.62. The molecule has 1 aromatic carbocycles. The molecule has 1 aliphatic rings. The predicted molar refractivity (Wildman–Crippen MR) is 76.0 cm³/mol. The van der Waals surface area contributed by atoms with Crippen molar-refractivity contribution in [1.29, 1.82) is 0 Å². The Labute approximate surface area is 111 Å². The summed E-state index contributed by atoms with van der Waals surface area (Å²) in [6.45, 7) is 8.50. The molecule has 100 valence electrons. The maximum atomic E-state index is 5.63. The van der Waals surface area contributed by atoms with E-state index in [2.05, 4.69) is 50.4 Å². The van der Waals surface area contributed by atoms with Crippen LogP contribution in [0.2, 0.25) is 0 Å². The van der Waals surface area contributed by atoms with Gasteiger partial charge in [-0.1, -0.05) is 32.9 Å². The summed E-state index contributed by atoms with van der Waals surface area (Å²) in [5.74, 6) is 0.983. The molecule has 1 fully saturated rings. The van der Waals surface area contributed by atoms with E-state index in [1.807, 2.05) is 0 Å². The summed E-state index contributed by atoms with van der Waals surface area (Å²) in [7, 11) is 0. The molecule has 1 atom stereocenters. The molecule has 1 N–H and O–H groups in total. The number of nitrogens with one attached hydrogen (secondary N) is 1. The summed E-state index contributed by atoms with van der Waals surface area (Å²) < 4.78 is 5.63. The Kier molecular flexibility index (Phi) is 4.28. The number of ether oxygens (including phenoxy) is 1. The smallest absolute Gasteiger partial charge is 0.119 e. The van der Waals surface area contributed by atoms with Gasteiger partial charge in [0.05, 0.1) is 6.61 Å². The van der Waals surface area contributed by atoms with Gasteiger partial charge in [0.25, 0.3) is 0 Å². The average molecular weight is 247 g/mol. The second kappa shape index (κ2) is 5.75. The molecule has 0 aromatic heterocycles. The largest absolute Gasteiger partial charge is 0.494 e.